The number of nitrogens with one attached hydrogen (secondary N) is 2. The van der Waals surface area contributed by atoms with Gasteiger partial charge in [-0.2, -0.15) is 5.10 Å². The van der Waals surface area contributed by atoms with Gasteiger partial charge >= 0.3 is 0 Å². The number of benzene rings is 3. The summed E-state index contributed by atoms with van der Waals surface area (Å²) in [5.74, 6) is 0.611. The van der Waals surface area contributed by atoms with E-state index in [1.165, 1.54) is 11.3 Å². The average molecular weight is 547 g/mol. The quantitative estimate of drug-likeness (QED) is 0.261. The number of rotatable bonds is 5. The van der Waals surface area contributed by atoms with Gasteiger partial charge in [-0.15, -0.1) is 0 Å². The highest BCUT2D eigenvalue weighted by atomic mass is 79.9. The molecule has 1 atom stereocenters. The van der Waals surface area contributed by atoms with E-state index in [1.807, 2.05) is 61.5 Å². The average Bonchev–Trinajstić information content (AvgIpc) is 3.25. The minimum atomic E-state index is -0.195. The highest BCUT2D eigenvalue weighted by Crippen LogP contribution is 2.36. The van der Waals surface area contributed by atoms with Crippen molar-refractivity contribution in [2.24, 2.45) is 5.10 Å². The third-order valence-electron chi connectivity index (χ3n) is 5.66. The fraction of sp³-hybridized carbons (Fsp3) is 0.148. The van der Waals surface area contributed by atoms with Gasteiger partial charge in [-0.25, -0.2) is 4.98 Å². The number of halogens is 1. The number of hydrazone groups is 1. The van der Waals surface area contributed by atoms with E-state index in [9.17, 15) is 4.79 Å². The summed E-state index contributed by atoms with van der Waals surface area (Å²) in [5.41, 5.74) is 8.55. The van der Waals surface area contributed by atoms with Gasteiger partial charge in [0.15, 0.2) is 0 Å². The van der Waals surface area contributed by atoms with Crippen LogP contribution in [-0.2, 0) is 0 Å². The third kappa shape index (κ3) is 5.28. The highest BCUT2D eigenvalue weighted by Gasteiger charge is 2.26. The lowest BCUT2D eigenvalue weighted by atomic mass is 9.94. The summed E-state index contributed by atoms with van der Waals surface area (Å²) in [4.78, 5) is 17.9. The minimum absolute atomic E-state index is 0.128. The van der Waals surface area contributed by atoms with Crippen molar-refractivity contribution in [3.8, 4) is 5.75 Å². The van der Waals surface area contributed by atoms with E-state index in [0.29, 0.717) is 22.1 Å². The molecule has 0 aliphatic carbocycles. The molecule has 1 unspecified atom stereocenters. The predicted molar refractivity (Wildman–Crippen MR) is 145 cm³/mol. The van der Waals surface area contributed by atoms with Gasteiger partial charge in [0.25, 0.3) is 5.91 Å². The second kappa shape index (κ2) is 10.0. The smallest absolute Gasteiger partial charge is 0.267 e. The van der Waals surface area contributed by atoms with Gasteiger partial charge in [0.2, 0.25) is 5.13 Å². The molecule has 0 saturated heterocycles. The molecule has 5 rings (SSSR count). The molecule has 0 fully saturated rings. The summed E-state index contributed by atoms with van der Waals surface area (Å²) >= 11 is 4.68. The maximum absolute atomic E-state index is 12.8. The highest BCUT2D eigenvalue weighted by molar-refractivity contribution is 9.10. The molecule has 1 aliphatic heterocycles. The Labute approximate surface area is 216 Å². The Morgan fingerprint density at radius 2 is 1.86 bits per heavy atom. The van der Waals surface area contributed by atoms with Gasteiger partial charge in [-0.05, 0) is 55.8 Å². The molecule has 2 heterocycles. The van der Waals surface area contributed by atoms with Crippen LogP contribution in [0.1, 0.15) is 44.6 Å². The number of aromatic nitrogens is 1. The molecule has 3 aromatic carbocycles. The summed E-state index contributed by atoms with van der Waals surface area (Å²) in [5, 5.41) is 8.20. The van der Waals surface area contributed by atoms with Crippen molar-refractivity contribution in [2.45, 2.75) is 26.4 Å². The Balaban J connectivity index is 1.38. The maximum atomic E-state index is 12.8. The van der Waals surface area contributed by atoms with Crippen LogP contribution >= 0.6 is 27.3 Å². The zero-order chi connectivity index (χ0) is 24.4. The van der Waals surface area contributed by atoms with Crippen LogP contribution in [0.2, 0.25) is 0 Å². The molecule has 0 radical (unpaired) electrons. The molecule has 1 aliphatic rings. The molecule has 6 nitrogen and oxygen atoms in total. The van der Waals surface area contributed by atoms with E-state index in [0.717, 1.165) is 38.3 Å². The van der Waals surface area contributed by atoms with Gasteiger partial charge in [-0.3, -0.25) is 10.2 Å². The number of carbonyl (C=O) groups is 1. The number of carbonyl (C=O) groups excluding carboxylic acids is 1. The second-order valence-corrected chi connectivity index (χ2v) is 10.2. The lowest BCUT2D eigenvalue weighted by molar-refractivity contribution is 0.103. The van der Waals surface area contributed by atoms with Gasteiger partial charge < -0.3 is 10.1 Å². The number of fused-ring (bicyclic) bond motifs is 1. The van der Waals surface area contributed by atoms with Crippen molar-refractivity contribution in [2.75, 3.05) is 10.7 Å². The van der Waals surface area contributed by atoms with Crippen LogP contribution in [0.25, 0.3) is 0 Å². The topological polar surface area (TPSA) is 75.6 Å². The lowest BCUT2D eigenvalue weighted by Crippen LogP contribution is -2.22. The number of anilines is 2. The van der Waals surface area contributed by atoms with Crippen LogP contribution in [0.4, 0.5) is 10.8 Å². The molecule has 0 saturated carbocycles. The Kier molecular flexibility index (Phi) is 6.66. The maximum Gasteiger partial charge on any atom is 0.267 e. The Bertz CT molecular complexity index is 1400. The first-order valence-corrected chi connectivity index (χ1v) is 12.8. The van der Waals surface area contributed by atoms with E-state index in [4.69, 9.17) is 9.84 Å². The fourth-order valence-corrected chi connectivity index (χ4v) is 4.97. The van der Waals surface area contributed by atoms with E-state index in [1.54, 1.807) is 0 Å². The summed E-state index contributed by atoms with van der Waals surface area (Å²) < 4.78 is 7.25. The van der Waals surface area contributed by atoms with E-state index >= 15 is 0 Å². The van der Waals surface area contributed by atoms with E-state index in [-0.39, 0.29) is 12.0 Å². The number of ether oxygens (including phenoxy) is 1. The fourth-order valence-electron chi connectivity index (χ4n) is 3.90. The van der Waals surface area contributed by atoms with Gasteiger partial charge in [-0.1, -0.05) is 69.2 Å². The third-order valence-corrected chi connectivity index (χ3v) is 7.25. The Morgan fingerprint density at radius 3 is 2.63 bits per heavy atom. The second-order valence-electron chi connectivity index (χ2n) is 8.29. The van der Waals surface area contributed by atoms with Crippen LogP contribution in [-0.4, -0.2) is 16.6 Å². The minimum Gasteiger partial charge on any atom is -0.485 e. The summed E-state index contributed by atoms with van der Waals surface area (Å²) in [6.07, 6.45) is 0.492. The summed E-state index contributed by atoms with van der Waals surface area (Å²) in [6, 6.07) is 23.7. The zero-order valence-corrected chi connectivity index (χ0v) is 21.6. The van der Waals surface area contributed by atoms with Crippen molar-refractivity contribution in [3.63, 3.8) is 0 Å². The number of hydrogen-bond donors (Lipinski definition) is 2. The molecule has 35 heavy (non-hydrogen) atoms. The largest absolute Gasteiger partial charge is 0.485 e. The number of hydrogen-bond acceptors (Lipinski definition) is 6. The normalized spacial score (nSPS) is 15.9. The summed E-state index contributed by atoms with van der Waals surface area (Å²) in [7, 11) is 0. The number of aryl methyl sites for hydroxylation is 2. The monoisotopic (exact) mass is 546 g/mol. The molecule has 4 aromatic rings. The van der Waals surface area contributed by atoms with Crippen molar-refractivity contribution >= 4 is 49.7 Å². The summed E-state index contributed by atoms with van der Waals surface area (Å²) in [6.45, 7) is 3.87. The number of amides is 1. The molecule has 0 bridgehead atoms. The van der Waals surface area contributed by atoms with Crippen LogP contribution in [0, 0.1) is 13.8 Å². The molecule has 1 amide bonds. The first-order valence-electron chi connectivity index (χ1n) is 11.2. The van der Waals surface area contributed by atoms with Crippen LogP contribution in [0.3, 0.4) is 0 Å². The lowest BCUT2D eigenvalue weighted by Gasteiger charge is -2.27. The van der Waals surface area contributed by atoms with Crippen LogP contribution in [0.5, 0.6) is 5.75 Å². The number of thiazole rings is 1. The van der Waals surface area contributed by atoms with Crippen molar-refractivity contribution in [1.29, 1.82) is 0 Å². The van der Waals surface area contributed by atoms with E-state index in [2.05, 4.69) is 56.8 Å². The van der Waals surface area contributed by atoms with E-state index < -0.39 is 0 Å². The number of nitrogens with zero attached hydrogens (tertiary/aromatic N) is 2. The predicted octanol–water partition coefficient (Wildman–Crippen LogP) is 7.11. The molecular weight excluding hydrogens is 524 g/mol. The molecule has 2 N–H and O–H groups in total. The van der Waals surface area contributed by atoms with Gasteiger partial charge in [0.05, 0.1) is 11.4 Å². The first kappa shape index (κ1) is 23.3. The van der Waals surface area contributed by atoms with Gasteiger partial charge in [0.1, 0.15) is 16.7 Å². The SMILES string of the molecule is Cc1ccc2c(c1)/C(=N\Nc1nc(C)c(C(=O)Nc3ccc(Br)cc3)s1)CC(c1ccccc1)O2. The standard InChI is InChI=1S/C27H23BrN4O2S/c1-16-8-13-23-21(14-16)22(15-24(34-23)18-6-4-3-5-7-18)31-32-27-29-17(2)25(35-27)26(33)30-20-11-9-19(28)10-12-20/h3-14,24H,15H2,1-2H3,(H,29,32)(H,30,33)/b31-22-. The van der Waals surface area contributed by atoms with Crippen molar-refractivity contribution < 1.29 is 9.53 Å². The Hall–Kier alpha value is -3.49. The Morgan fingerprint density at radius 1 is 1.09 bits per heavy atom. The first-order chi connectivity index (χ1) is 17.0. The van der Waals surface area contributed by atoms with Gasteiger partial charge in [0, 0.05) is 22.1 Å². The molecule has 1 aromatic heterocycles. The zero-order valence-electron chi connectivity index (χ0n) is 19.2. The molecule has 0 spiro atoms. The van der Waals surface area contributed by atoms with Crippen LogP contribution in [0.15, 0.2) is 82.4 Å². The van der Waals surface area contributed by atoms with Crippen molar-refractivity contribution in [3.05, 3.63) is 105 Å². The molecule has 8 heteroatoms. The van der Waals surface area contributed by atoms with Crippen LogP contribution < -0.4 is 15.5 Å². The molecule has 176 valence electrons. The van der Waals surface area contributed by atoms with Crippen molar-refractivity contribution in [1.82, 2.24) is 4.98 Å². The molecular formula is C27H23BrN4O2S.